The first-order valence-corrected chi connectivity index (χ1v) is 13.8. The number of ether oxygens (including phenoxy) is 1. The normalized spacial score (nSPS) is 17.5. The number of nitrogens with one attached hydrogen (secondary N) is 2. The first kappa shape index (κ1) is 22.6. The second-order valence-corrected chi connectivity index (χ2v) is 11.8. The smallest absolute Gasteiger partial charge is 0.341 e. The number of hydrogen-bond donors (Lipinski definition) is 2. The number of methoxy groups -OCH3 is 1. The third-order valence-corrected chi connectivity index (χ3v) is 9.53. The van der Waals surface area contributed by atoms with Crippen LogP contribution in [0.15, 0.2) is 9.95 Å². The number of carbonyl (C=O) groups excluding carboxylic acids is 2. The van der Waals surface area contributed by atoms with Crippen LogP contribution in [0, 0.1) is 5.92 Å². The number of thioether (sulfide) groups is 1. The lowest BCUT2D eigenvalue weighted by atomic mass is 9.88. The fraction of sp³-hybridized carbons (Fsp3) is 0.478. The molecule has 0 radical (unpaired) electrons. The number of thiophene rings is 2. The maximum Gasteiger partial charge on any atom is 0.341 e. The van der Waals surface area contributed by atoms with Crippen molar-refractivity contribution in [2.75, 3.05) is 18.2 Å². The molecule has 3 aromatic rings. The van der Waals surface area contributed by atoms with Crippen LogP contribution in [0.25, 0.3) is 10.2 Å². The maximum absolute atomic E-state index is 12.7. The van der Waals surface area contributed by atoms with Crippen LogP contribution in [0.2, 0.25) is 0 Å². The number of nitrogens with zero attached hydrogens (tertiary/aromatic N) is 1. The van der Waals surface area contributed by atoms with Gasteiger partial charge in [0.1, 0.15) is 9.83 Å². The number of aryl methyl sites for hydroxylation is 2. The molecular formula is C23H25N3O4S3. The van der Waals surface area contributed by atoms with Crippen LogP contribution in [0.3, 0.4) is 0 Å². The van der Waals surface area contributed by atoms with Crippen molar-refractivity contribution in [3.8, 4) is 0 Å². The molecule has 3 heterocycles. The van der Waals surface area contributed by atoms with Gasteiger partial charge in [-0.1, -0.05) is 18.7 Å². The minimum Gasteiger partial charge on any atom is -0.465 e. The second-order valence-electron chi connectivity index (χ2n) is 8.65. The van der Waals surface area contributed by atoms with Crippen molar-refractivity contribution in [1.82, 2.24) is 9.97 Å². The molecule has 0 spiro atoms. The molecule has 1 amide bonds. The largest absolute Gasteiger partial charge is 0.465 e. The second kappa shape index (κ2) is 9.23. The summed E-state index contributed by atoms with van der Waals surface area (Å²) < 4.78 is 4.99. The van der Waals surface area contributed by atoms with E-state index < -0.39 is 5.97 Å². The number of amides is 1. The fourth-order valence-electron chi connectivity index (χ4n) is 4.67. The lowest BCUT2D eigenvalue weighted by molar-refractivity contribution is -0.113. The topological polar surface area (TPSA) is 101 Å². The van der Waals surface area contributed by atoms with Crippen LogP contribution in [0.4, 0.5) is 5.00 Å². The molecule has 0 aromatic carbocycles. The van der Waals surface area contributed by atoms with E-state index in [0.717, 1.165) is 65.8 Å². The Morgan fingerprint density at radius 1 is 1.18 bits per heavy atom. The van der Waals surface area contributed by atoms with Crippen molar-refractivity contribution in [1.29, 1.82) is 0 Å². The summed E-state index contributed by atoms with van der Waals surface area (Å²) in [4.78, 5) is 48.5. The Kier molecular flexibility index (Phi) is 6.32. The summed E-state index contributed by atoms with van der Waals surface area (Å²) in [5.41, 5.74) is 2.51. The molecule has 10 heteroatoms. The number of H-pyrrole nitrogens is 1. The van der Waals surface area contributed by atoms with Crippen molar-refractivity contribution in [3.05, 3.63) is 36.8 Å². The zero-order chi connectivity index (χ0) is 23.1. The van der Waals surface area contributed by atoms with E-state index in [1.165, 1.54) is 35.1 Å². The van der Waals surface area contributed by atoms with E-state index >= 15 is 0 Å². The quantitative estimate of drug-likeness (QED) is 0.301. The first-order chi connectivity index (χ1) is 15.9. The predicted molar refractivity (Wildman–Crippen MR) is 133 cm³/mol. The van der Waals surface area contributed by atoms with Gasteiger partial charge in [0.2, 0.25) is 5.91 Å². The molecule has 0 fully saturated rings. The van der Waals surface area contributed by atoms with Crippen LogP contribution in [0.1, 0.15) is 57.4 Å². The lowest BCUT2D eigenvalue weighted by Crippen LogP contribution is -2.18. The summed E-state index contributed by atoms with van der Waals surface area (Å²) in [6.07, 6.45) is 6.94. The van der Waals surface area contributed by atoms with E-state index in [4.69, 9.17) is 4.74 Å². The Hall–Kier alpha value is -2.17. The highest BCUT2D eigenvalue weighted by Crippen LogP contribution is 2.40. The van der Waals surface area contributed by atoms with Crippen molar-refractivity contribution >= 4 is 61.5 Å². The van der Waals surface area contributed by atoms with Gasteiger partial charge in [0.25, 0.3) is 5.56 Å². The number of hydrogen-bond acceptors (Lipinski definition) is 8. The third kappa shape index (κ3) is 4.36. The summed E-state index contributed by atoms with van der Waals surface area (Å²) in [5, 5.41) is 4.60. The Balaban J connectivity index is 1.33. The van der Waals surface area contributed by atoms with Gasteiger partial charge < -0.3 is 15.0 Å². The number of fused-ring (bicyclic) bond motifs is 4. The fourth-order valence-corrected chi connectivity index (χ4v) is 8.06. The number of aromatic amines is 1. The van der Waals surface area contributed by atoms with E-state index in [-0.39, 0.29) is 17.2 Å². The highest BCUT2D eigenvalue weighted by atomic mass is 32.2. The molecule has 0 saturated heterocycles. The zero-order valence-electron chi connectivity index (χ0n) is 18.5. The predicted octanol–water partition coefficient (Wildman–Crippen LogP) is 4.57. The number of rotatable bonds is 5. The van der Waals surface area contributed by atoms with E-state index in [2.05, 4.69) is 22.2 Å². The summed E-state index contributed by atoms with van der Waals surface area (Å²) >= 11 is 4.25. The van der Waals surface area contributed by atoms with E-state index in [1.54, 1.807) is 11.3 Å². The number of esters is 1. The summed E-state index contributed by atoms with van der Waals surface area (Å²) in [6, 6.07) is 0. The van der Waals surface area contributed by atoms with Crippen LogP contribution < -0.4 is 10.9 Å². The molecule has 5 rings (SSSR count). The summed E-state index contributed by atoms with van der Waals surface area (Å²) in [6.45, 7) is 2.20. The highest BCUT2D eigenvalue weighted by Gasteiger charge is 2.29. The van der Waals surface area contributed by atoms with E-state index in [1.807, 2.05) is 0 Å². The number of aromatic nitrogens is 2. The van der Waals surface area contributed by atoms with Crippen LogP contribution in [-0.4, -0.2) is 34.7 Å². The monoisotopic (exact) mass is 503 g/mol. The Morgan fingerprint density at radius 2 is 2.00 bits per heavy atom. The summed E-state index contributed by atoms with van der Waals surface area (Å²) in [7, 11) is 1.36. The molecule has 2 aliphatic carbocycles. The van der Waals surface area contributed by atoms with Gasteiger partial charge >= 0.3 is 5.97 Å². The number of carbonyl (C=O) groups is 2. The molecule has 7 nitrogen and oxygen atoms in total. The van der Waals surface area contributed by atoms with Crippen molar-refractivity contribution < 1.29 is 14.3 Å². The average molecular weight is 504 g/mol. The third-order valence-electron chi connectivity index (χ3n) is 6.30. The van der Waals surface area contributed by atoms with Gasteiger partial charge in [-0.15, -0.1) is 22.7 Å². The van der Waals surface area contributed by atoms with Gasteiger partial charge in [-0.2, -0.15) is 0 Å². The number of anilines is 1. The molecular weight excluding hydrogens is 478 g/mol. The van der Waals surface area contributed by atoms with Crippen molar-refractivity contribution in [2.24, 2.45) is 5.92 Å². The van der Waals surface area contributed by atoms with Gasteiger partial charge in [0, 0.05) is 9.75 Å². The maximum atomic E-state index is 12.7. The Bertz CT molecular complexity index is 1310. The Labute approximate surface area is 203 Å². The molecule has 3 aromatic heterocycles. The molecule has 174 valence electrons. The molecule has 0 saturated carbocycles. The van der Waals surface area contributed by atoms with Gasteiger partial charge in [0.05, 0.1) is 23.8 Å². The molecule has 2 aliphatic rings. The molecule has 33 heavy (non-hydrogen) atoms. The molecule has 0 bridgehead atoms. The van der Waals surface area contributed by atoms with Gasteiger partial charge in [-0.05, 0) is 62.0 Å². The standard InChI is InChI=1S/C23H25N3O4S3/c1-11-7-8-13-15(9-11)33-21(18(13)22(29)30-2)24-16(27)10-31-23-25-19(28)17-12-5-3-4-6-14(12)32-20(17)26-23/h11H,3-10H2,1-2H3,(H,24,27)(H,25,26,28). The van der Waals surface area contributed by atoms with E-state index in [0.29, 0.717) is 27.0 Å². The van der Waals surface area contributed by atoms with Crippen LogP contribution >= 0.6 is 34.4 Å². The van der Waals surface area contributed by atoms with Crippen molar-refractivity contribution in [2.45, 2.75) is 57.0 Å². The molecule has 2 N–H and O–H groups in total. The molecule has 0 aliphatic heterocycles. The van der Waals surface area contributed by atoms with Crippen LogP contribution in [-0.2, 0) is 35.2 Å². The highest BCUT2D eigenvalue weighted by molar-refractivity contribution is 7.99. The molecule has 1 atom stereocenters. The first-order valence-electron chi connectivity index (χ1n) is 11.1. The molecule has 1 unspecified atom stereocenters. The zero-order valence-corrected chi connectivity index (χ0v) is 21.0. The Morgan fingerprint density at radius 3 is 2.82 bits per heavy atom. The van der Waals surface area contributed by atoms with E-state index in [9.17, 15) is 14.4 Å². The van der Waals surface area contributed by atoms with Crippen LogP contribution in [0.5, 0.6) is 0 Å². The minimum absolute atomic E-state index is 0.0825. The van der Waals surface area contributed by atoms with Crippen molar-refractivity contribution in [3.63, 3.8) is 0 Å². The average Bonchev–Trinajstić information content (AvgIpc) is 3.34. The minimum atomic E-state index is -0.414. The van der Waals surface area contributed by atoms with Gasteiger partial charge in [0.15, 0.2) is 5.16 Å². The van der Waals surface area contributed by atoms with Gasteiger partial charge in [-0.3, -0.25) is 9.59 Å². The van der Waals surface area contributed by atoms with Gasteiger partial charge in [-0.25, -0.2) is 9.78 Å². The summed E-state index contributed by atoms with van der Waals surface area (Å²) in [5.74, 6) is -0.0197. The SMILES string of the molecule is COC(=O)c1c(NC(=O)CSc2nc3sc4c(c3c(=O)[nH]2)CCCC4)sc2c1CCC(C)C2. The lowest BCUT2D eigenvalue weighted by Gasteiger charge is -2.18.